The molecule has 1 rings (SSSR count). The first-order chi connectivity index (χ1) is 8.10. The molecule has 7 heteroatoms. The summed E-state index contributed by atoms with van der Waals surface area (Å²) in [7, 11) is 3.24. The molecule has 1 heterocycles. The molecule has 0 aliphatic rings. The van der Waals surface area contributed by atoms with Gasteiger partial charge in [0.25, 0.3) is 0 Å². The second-order valence-corrected chi connectivity index (χ2v) is 3.43. The van der Waals surface area contributed by atoms with Crippen LogP contribution in [-0.2, 0) is 4.79 Å². The third-order valence-corrected chi connectivity index (χ3v) is 2.09. The lowest BCUT2D eigenvalue weighted by Crippen LogP contribution is -2.31. The minimum absolute atomic E-state index is 0.0684. The van der Waals surface area contributed by atoms with E-state index >= 15 is 0 Å². The van der Waals surface area contributed by atoms with Gasteiger partial charge in [0, 0.05) is 13.6 Å². The highest BCUT2D eigenvalue weighted by Crippen LogP contribution is 2.30. The highest BCUT2D eigenvalue weighted by Gasteiger charge is 2.16. The summed E-state index contributed by atoms with van der Waals surface area (Å²) in [6, 6.07) is 0. The average Bonchev–Trinajstić information content (AvgIpc) is 2.28. The van der Waals surface area contributed by atoms with E-state index in [9.17, 15) is 4.79 Å². The van der Waals surface area contributed by atoms with Crippen molar-refractivity contribution in [1.29, 1.82) is 0 Å². The second kappa shape index (κ2) is 5.88. The number of amides is 1. The molecule has 17 heavy (non-hydrogen) atoms. The van der Waals surface area contributed by atoms with E-state index in [0.717, 1.165) is 0 Å². The Morgan fingerprint density at radius 3 is 2.82 bits per heavy atom. The van der Waals surface area contributed by atoms with Crippen molar-refractivity contribution in [2.75, 3.05) is 37.5 Å². The maximum absolute atomic E-state index is 10.9. The molecule has 0 aliphatic carbocycles. The van der Waals surface area contributed by atoms with E-state index in [2.05, 4.69) is 15.3 Å². The first kappa shape index (κ1) is 13.0. The van der Waals surface area contributed by atoms with Crippen LogP contribution in [-0.4, -0.2) is 43.1 Å². The van der Waals surface area contributed by atoms with E-state index in [4.69, 9.17) is 10.5 Å². The van der Waals surface area contributed by atoms with E-state index in [1.54, 1.807) is 11.9 Å². The Kier molecular flexibility index (Phi) is 4.50. The van der Waals surface area contributed by atoms with Crippen molar-refractivity contribution >= 4 is 17.5 Å². The van der Waals surface area contributed by atoms with Crippen LogP contribution in [0, 0.1) is 0 Å². The minimum atomic E-state index is -0.432. The SMILES string of the molecule is CCNc1ncnc(N(C)CC(N)=O)c1OC. The van der Waals surface area contributed by atoms with Crippen molar-refractivity contribution in [3.8, 4) is 5.75 Å². The Morgan fingerprint density at radius 2 is 2.29 bits per heavy atom. The Hall–Kier alpha value is -2.05. The van der Waals surface area contributed by atoms with Gasteiger partial charge in [-0.1, -0.05) is 0 Å². The fourth-order valence-electron chi connectivity index (χ4n) is 1.43. The molecule has 1 amide bonds. The normalized spacial score (nSPS) is 9.82. The number of rotatable bonds is 6. The first-order valence-electron chi connectivity index (χ1n) is 5.22. The lowest BCUT2D eigenvalue weighted by molar-refractivity contribution is -0.116. The molecule has 0 saturated carbocycles. The number of carbonyl (C=O) groups excluding carboxylic acids is 1. The van der Waals surface area contributed by atoms with Gasteiger partial charge in [-0.15, -0.1) is 0 Å². The smallest absolute Gasteiger partial charge is 0.236 e. The second-order valence-electron chi connectivity index (χ2n) is 3.43. The van der Waals surface area contributed by atoms with Crippen LogP contribution >= 0.6 is 0 Å². The van der Waals surface area contributed by atoms with Crippen molar-refractivity contribution < 1.29 is 9.53 Å². The number of primary amides is 1. The number of anilines is 2. The highest BCUT2D eigenvalue weighted by atomic mass is 16.5. The van der Waals surface area contributed by atoms with Gasteiger partial charge < -0.3 is 20.7 Å². The quantitative estimate of drug-likeness (QED) is 0.716. The summed E-state index contributed by atoms with van der Waals surface area (Å²) in [4.78, 5) is 20.6. The largest absolute Gasteiger partial charge is 0.490 e. The number of nitrogens with one attached hydrogen (secondary N) is 1. The number of hydrogen-bond donors (Lipinski definition) is 2. The van der Waals surface area contributed by atoms with Crippen LogP contribution in [0.3, 0.4) is 0 Å². The van der Waals surface area contributed by atoms with Crippen LogP contribution in [0.25, 0.3) is 0 Å². The lowest BCUT2D eigenvalue weighted by atomic mass is 10.4. The van der Waals surface area contributed by atoms with E-state index in [0.29, 0.717) is 23.9 Å². The highest BCUT2D eigenvalue weighted by molar-refractivity contribution is 5.80. The van der Waals surface area contributed by atoms with Gasteiger partial charge in [-0.05, 0) is 6.92 Å². The Balaban J connectivity index is 3.05. The number of nitrogens with zero attached hydrogens (tertiary/aromatic N) is 3. The van der Waals surface area contributed by atoms with Crippen LogP contribution in [0.15, 0.2) is 6.33 Å². The van der Waals surface area contributed by atoms with Crippen LogP contribution in [0.5, 0.6) is 5.75 Å². The number of ether oxygens (including phenoxy) is 1. The predicted octanol–water partition coefficient (Wildman–Crippen LogP) is -0.161. The molecule has 0 spiro atoms. The molecule has 0 radical (unpaired) electrons. The molecule has 0 unspecified atom stereocenters. The van der Waals surface area contributed by atoms with Gasteiger partial charge in [0.15, 0.2) is 11.6 Å². The van der Waals surface area contributed by atoms with Gasteiger partial charge in [0.2, 0.25) is 11.7 Å². The Bertz CT molecular complexity index is 396. The maximum Gasteiger partial charge on any atom is 0.236 e. The summed E-state index contributed by atoms with van der Waals surface area (Å²) in [5.41, 5.74) is 5.14. The summed E-state index contributed by atoms with van der Waals surface area (Å²) in [6.07, 6.45) is 1.41. The van der Waals surface area contributed by atoms with E-state index in [1.165, 1.54) is 13.4 Å². The lowest BCUT2D eigenvalue weighted by Gasteiger charge is -2.20. The number of hydrogen-bond acceptors (Lipinski definition) is 6. The molecule has 0 saturated heterocycles. The molecule has 94 valence electrons. The number of aromatic nitrogens is 2. The van der Waals surface area contributed by atoms with Crippen molar-refractivity contribution in [1.82, 2.24) is 9.97 Å². The average molecular weight is 239 g/mol. The zero-order valence-corrected chi connectivity index (χ0v) is 10.2. The summed E-state index contributed by atoms with van der Waals surface area (Å²) >= 11 is 0. The van der Waals surface area contributed by atoms with Crippen LogP contribution in [0.1, 0.15) is 6.92 Å². The zero-order chi connectivity index (χ0) is 12.8. The van der Waals surface area contributed by atoms with Gasteiger partial charge in [-0.2, -0.15) is 0 Å². The van der Waals surface area contributed by atoms with Gasteiger partial charge in [0.05, 0.1) is 13.7 Å². The third kappa shape index (κ3) is 3.20. The maximum atomic E-state index is 10.9. The molecular formula is C10H17N5O2. The molecule has 0 fully saturated rings. The number of nitrogens with two attached hydrogens (primary N) is 1. The Morgan fingerprint density at radius 1 is 1.59 bits per heavy atom. The summed E-state index contributed by atoms with van der Waals surface area (Å²) in [6.45, 7) is 2.74. The third-order valence-electron chi connectivity index (χ3n) is 2.09. The summed E-state index contributed by atoms with van der Waals surface area (Å²) < 4.78 is 5.25. The molecule has 0 aromatic carbocycles. The van der Waals surface area contributed by atoms with Crippen molar-refractivity contribution in [2.45, 2.75) is 6.92 Å². The predicted molar refractivity (Wildman–Crippen MR) is 65.2 cm³/mol. The van der Waals surface area contributed by atoms with E-state index in [1.807, 2.05) is 6.92 Å². The zero-order valence-electron chi connectivity index (χ0n) is 10.2. The van der Waals surface area contributed by atoms with E-state index < -0.39 is 5.91 Å². The van der Waals surface area contributed by atoms with Gasteiger partial charge in [-0.3, -0.25) is 4.79 Å². The fourth-order valence-corrected chi connectivity index (χ4v) is 1.43. The minimum Gasteiger partial charge on any atom is -0.490 e. The molecule has 0 bridgehead atoms. The first-order valence-corrected chi connectivity index (χ1v) is 5.22. The van der Waals surface area contributed by atoms with Crippen molar-refractivity contribution in [3.63, 3.8) is 0 Å². The van der Waals surface area contributed by atoms with Crippen LogP contribution in [0.4, 0.5) is 11.6 Å². The topological polar surface area (TPSA) is 93.4 Å². The number of carbonyl (C=O) groups is 1. The van der Waals surface area contributed by atoms with Crippen LogP contribution < -0.4 is 20.7 Å². The molecule has 1 aromatic heterocycles. The molecule has 1 aromatic rings. The number of likely N-dealkylation sites (N-methyl/N-ethyl adjacent to an activating group) is 1. The Labute approximate surface area is 100.0 Å². The molecule has 3 N–H and O–H groups in total. The molecule has 0 atom stereocenters. The number of methoxy groups -OCH3 is 1. The van der Waals surface area contributed by atoms with Gasteiger partial charge in [-0.25, -0.2) is 9.97 Å². The molecular weight excluding hydrogens is 222 g/mol. The van der Waals surface area contributed by atoms with Crippen molar-refractivity contribution in [3.05, 3.63) is 6.33 Å². The molecule has 0 aliphatic heterocycles. The van der Waals surface area contributed by atoms with Gasteiger partial charge >= 0.3 is 0 Å². The van der Waals surface area contributed by atoms with E-state index in [-0.39, 0.29) is 6.54 Å². The van der Waals surface area contributed by atoms with Crippen LogP contribution in [0.2, 0.25) is 0 Å². The summed E-state index contributed by atoms with van der Waals surface area (Å²) in [5, 5.41) is 3.06. The summed E-state index contributed by atoms with van der Waals surface area (Å²) in [5.74, 6) is 1.19. The van der Waals surface area contributed by atoms with Gasteiger partial charge in [0.1, 0.15) is 6.33 Å². The standard InChI is InChI=1S/C10H17N5O2/c1-4-12-9-8(17-3)10(14-6-13-9)15(2)5-7(11)16/h6H,4-5H2,1-3H3,(H2,11,16)(H,12,13,14). The monoisotopic (exact) mass is 239 g/mol. The molecule has 7 nitrogen and oxygen atoms in total. The van der Waals surface area contributed by atoms with Crippen molar-refractivity contribution in [2.24, 2.45) is 5.73 Å². The fraction of sp³-hybridized carbons (Fsp3) is 0.500.